The van der Waals surface area contributed by atoms with Gasteiger partial charge >= 0.3 is 0 Å². The molecule has 4 heteroatoms. The Hall–Kier alpha value is -0.800. The van der Waals surface area contributed by atoms with E-state index in [9.17, 15) is 0 Å². The first-order valence-corrected chi connectivity index (χ1v) is 7.12. The van der Waals surface area contributed by atoms with Gasteiger partial charge in [0.1, 0.15) is 0 Å². The Bertz CT molecular complexity index is 381. The van der Waals surface area contributed by atoms with Gasteiger partial charge in [0.15, 0.2) is 0 Å². The van der Waals surface area contributed by atoms with Gasteiger partial charge in [-0.15, -0.1) is 0 Å². The lowest BCUT2D eigenvalue weighted by Gasteiger charge is -2.35. The Morgan fingerprint density at radius 1 is 1.56 bits per heavy atom. The van der Waals surface area contributed by atoms with Crippen LogP contribution in [0.5, 0.6) is 0 Å². The van der Waals surface area contributed by atoms with E-state index in [2.05, 4.69) is 29.0 Å². The van der Waals surface area contributed by atoms with E-state index in [1.54, 1.807) is 6.20 Å². The summed E-state index contributed by atoms with van der Waals surface area (Å²) in [5.74, 6) is 0.713. The van der Waals surface area contributed by atoms with Crippen molar-refractivity contribution in [3.8, 4) is 0 Å². The molecular weight excluding hydrogens is 246 g/mol. The summed E-state index contributed by atoms with van der Waals surface area (Å²) >= 11 is 6.21. The number of nitrogens with zero attached hydrogens (tertiary/aromatic N) is 2. The summed E-state index contributed by atoms with van der Waals surface area (Å²) in [6, 6.07) is 2.57. The SMILES string of the molecule is CC(C)NCC1CCCN(c2ccncc2Cl)C1. The van der Waals surface area contributed by atoms with Crippen LogP contribution in [0.2, 0.25) is 5.02 Å². The molecule has 0 spiro atoms. The molecule has 1 aromatic rings. The maximum atomic E-state index is 6.21. The van der Waals surface area contributed by atoms with Gasteiger partial charge in [-0.1, -0.05) is 25.4 Å². The zero-order chi connectivity index (χ0) is 13.0. The van der Waals surface area contributed by atoms with E-state index in [4.69, 9.17) is 11.6 Å². The molecule has 0 bridgehead atoms. The number of aromatic nitrogens is 1. The lowest BCUT2D eigenvalue weighted by Crippen LogP contribution is -2.41. The first kappa shape index (κ1) is 13.6. The number of pyridine rings is 1. The van der Waals surface area contributed by atoms with Crippen LogP contribution in [0.3, 0.4) is 0 Å². The Labute approximate surface area is 115 Å². The molecule has 18 heavy (non-hydrogen) atoms. The monoisotopic (exact) mass is 267 g/mol. The van der Waals surface area contributed by atoms with E-state index in [1.165, 1.54) is 12.8 Å². The third-order valence-electron chi connectivity index (χ3n) is 3.43. The largest absolute Gasteiger partial charge is 0.370 e. The predicted octanol–water partition coefficient (Wildman–Crippen LogP) is 2.95. The number of rotatable bonds is 4. The van der Waals surface area contributed by atoms with E-state index in [-0.39, 0.29) is 0 Å². The summed E-state index contributed by atoms with van der Waals surface area (Å²) < 4.78 is 0. The molecule has 1 aliphatic rings. The van der Waals surface area contributed by atoms with Gasteiger partial charge in [-0.2, -0.15) is 0 Å². The number of hydrogen-bond donors (Lipinski definition) is 1. The average molecular weight is 268 g/mol. The molecule has 1 fully saturated rings. The summed E-state index contributed by atoms with van der Waals surface area (Å²) in [5.41, 5.74) is 1.13. The summed E-state index contributed by atoms with van der Waals surface area (Å²) in [4.78, 5) is 6.44. The highest BCUT2D eigenvalue weighted by molar-refractivity contribution is 6.33. The minimum atomic E-state index is 0.560. The molecule has 1 N–H and O–H groups in total. The van der Waals surface area contributed by atoms with E-state index >= 15 is 0 Å². The molecule has 1 unspecified atom stereocenters. The fourth-order valence-electron chi connectivity index (χ4n) is 2.48. The van der Waals surface area contributed by atoms with Crippen molar-refractivity contribution in [3.05, 3.63) is 23.5 Å². The standard InChI is InChI=1S/C14H22ClN3/c1-11(2)17-8-12-4-3-7-18(10-12)14-5-6-16-9-13(14)15/h5-6,9,11-12,17H,3-4,7-8,10H2,1-2H3. The van der Waals surface area contributed by atoms with Gasteiger partial charge in [0.25, 0.3) is 0 Å². The summed E-state index contributed by atoms with van der Waals surface area (Å²) in [7, 11) is 0. The molecule has 0 amide bonds. The van der Waals surface area contributed by atoms with Crippen LogP contribution in [0.1, 0.15) is 26.7 Å². The number of hydrogen-bond acceptors (Lipinski definition) is 3. The maximum Gasteiger partial charge on any atom is 0.0822 e. The van der Waals surface area contributed by atoms with Crippen molar-refractivity contribution in [2.45, 2.75) is 32.7 Å². The number of piperidine rings is 1. The predicted molar refractivity (Wildman–Crippen MR) is 77.3 cm³/mol. The van der Waals surface area contributed by atoms with Gasteiger partial charge < -0.3 is 10.2 Å². The molecule has 0 saturated carbocycles. The highest BCUT2D eigenvalue weighted by atomic mass is 35.5. The van der Waals surface area contributed by atoms with Crippen LogP contribution in [0.25, 0.3) is 0 Å². The zero-order valence-electron chi connectivity index (χ0n) is 11.2. The Balaban J connectivity index is 1.96. The highest BCUT2D eigenvalue weighted by Crippen LogP contribution is 2.28. The van der Waals surface area contributed by atoms with Crippen molar-refractivity contribution in [2.75, 3.05) is 24.5 Å². The molecule has 2 rings (SSSR count). The quantitative estimate of drug-likeness (QED) is 0.909. The minimum absolute atomic E-state index is 0.560. The third-order valence-corrected chi connectivity index (χ3v) is 3.72. The zero-order valence-corrected chi connectivity index (χ0v) is 12.0. The summed E-state index contributed by atoms with van der Waals surface area (Å²) in [5, 5.41) is 4.29. The fraction of sp³-hybridized carbons (Fsp3) is 0.643. The van der Waals surface area contributed by atoms with Gasteiger partial charge in [-0.25, -0.2) is 0 Å². The van der Waals surface area contributed by atoms with Crippen molar-refractivity contribution in [1.29, 1.82) is 0 Å². The van der Waals surface area contributed by atoms with Gasteiger partial charge in [-0.05, 0) is 31.4 Å². The van der Waals surface area contributed by atoms with Crippen LogP contribution < -0.4 is 10.2 Å². The van der Waals surface area contributed by atoms with Crippen molar-refractivity contribution in [1.82, 2.24) is 10.3 Å². The van der Waals surface area contributed by atoms with Crippen molar-refractivity contribution in [3.63, 3.8) is 0 Å². The van der Waals surface area contributed by atoms with Gasteiger partial charge in [-0.3, -0.25) is 4.98 Å². The second-order valence-electron chi connectivity index (χ2n) is 5.34. The van der Waals surface area contributed by atoms with Crippen LogP contribution in [0.15, 0.2) is 18.5 Å². The number of halogens is 1. The second kappa shape index (κ2) is 6.39. The number of nitrogens with one attached hydrogen (secondary N) is 1. The summed E-state index contributed by atoms with van der Waals surface area (Å²) in [6.45, 7) is 7.67. The highest BCUT2D eigenvalue weighted by Gasteiger charge is 2.21. The molecule has 1 atom stereocenters. The molecule has 2 heterocycles. The smallest absolute Gasteiger partial charge is 0.0822 e. The van der Waals surface area contributed by atoms with Crippen molar-refractivity contribution < 1.29 is 0 Å². The lowest BCUT2D eigenvalue weighted by atomic mass is 9.97. The van der Waals surface area contributed by atoms with Crippen molar-refractivity contribution in [2.24, 2.45) is 5.92 Å². The molecule has 0 aromatic carbocycles. The van der Waals surface area contributed by atoms with E-state index in [1.807, 2.05) is 12.3 Å². The molecular formula is C14H22ClN3. The summed E-state index contributed by atoms with van der Waals surface area (Å²) in [6.07, 6.45) is 6.09. The van der Waals surface area contributed by atoms with Crippen LogP contribution in [-0.2, 0) is 0 Å². The topological polar surface area (TPSA) is 28.2 Å². The van der Waals surface area contributed by atoms with Crippen LogP contribution >= 0.6 is 11.6 Å². The second-order valence-corrected chi connectivity index (χ2v) is 5.75. The molecule has 0 aliphatic carbocycles. The minimum Gasteiger partial charge on any atom is -0.370 e. The van der Waals surface area contributed by atoms with Gasteiger partial charge in [0, 0.05) is 31.5 Å². The van der Waals surface area contributed by atoms with Crippen LogP contribution in [-0.4, -0.2) is 30.7 Å². The Morgan fingerprint density at radius 2 is 2.39 bits per heavy atom. The maximum absolute atomic E-state index is 6.21. The van der Waals surface area contributed by atoms with E-state index in [0.29, 0.717) is 12.0 Å². The van der Waals surface area contributed by atoms with Gasteiger partial charge in [0.05, 0.1) is 10.7 Å². The molecule has 100 valence electrons. The average Bonchev–Trinajstić information content (AvgIpc) is 2.37. The third kappa shape index (κ3) is 3.59. The van der Waals surface area contributed by atoms with Crippen LogP contribution in [0.4, 0.5) is 5.69 Å². The molecule has 1 aromatic heterocycles. The molecule has 1 saturated heterocycles. The Kier molecular flexibility index (Phi) is 4.84. The van der Waals surface area contributed by atoms with E-state index < -0.39 is 0 Å². The first-order valence-electron chi connectivity index (χ1n) is 6.74. The van der Waals surface area contributed by atoms with Crippen LogP contribution in [0, 0.1) is 5.92 Å². The first-order chi connectivity index (χ1) is 8.66. The molecule has 0 radical (unpaired) electrons. The van der Waals surface area contributed by atoms with Crippen molar-refractivity contribution >= 4 is 17.3 Å². The fourth-order valence-corrected chi connectivity index (χ4v) is 2.72. The number of anilines is 1. The normalized spacial score (nSPS) is 20.4. The Morgan fingerprint density at radius 3 is 3.11 bits per heavy atom. The molecule has 1 aliphatic heterocycles. The van der Waals surface area contributed by atoms with Gasteiger partial charge in [0.2, 0.25) is 0 Å². The van der Waals surface area contributed by atoms with E-state index in [0.717, 1.165) is 30.3 Å². The molecule has 3 nitrogen and oxygen atoms in total. The lowest BCUT2D eigenvalue weighted by molar-refractivity contribution is 0.379.